The minimum atomic E-state index is -4.23. The zero-order valence-corrected chi connectivity index (χ0v) is 10.9. The number of benzene rings is 1. The van der Waals surface area contributed by atoms with Crippen molar-refractivity contribution in [3.05, 3.63) is 35.4 Å². The number of hydrogen-bond acceptors (Lipinski definition) is 0. The molecule has 0 bridgehead atoms. The molecular weight excluding hydrogens is 225 g/mol. The van der Waals surface area contributed by atoms with Gasteiger partial charge in [0.15, 0.2) is 0 Å². The minimum Gasteiger partial charge on any atom is -0.170 e. The first kappa shape index (κ1) is 14.1. The lowest BCUT2D eigenvalue weighted by Crippen LogP contribution is -2.36. The fourth-order valence-corrected chi connectivity index (χ4v) is 1.55. The third kappa shape index (κ3) is 2.82. The molecule has 3 heteroatoms. The molecule has 0 fully saturated rings. The van der Waals surface area contributed by atoms with E-state index in [-0.39, 0.29) is 5.41 Å². The van der Waals surface area contributed by atoms with Crippen LogP contribution in [-0.2, 0) is 10.8 Å². The zero-order valence-electron chi connectivity index (χ0n) is 10.9. The average molecular weight is 244 g/mol. The van der Waals surface area contributed by atoms with E-state index >= 15 is 0 Å². The predicted molar refractivity (Wildman–Crippen MR) is 64.2 cm³/mol. The summed E-state index contributed by atoms with van der Waals surface area (Å²) in [5.74, 6) is 0. The van der Waals surface area contributed by atoms with Crippen molar-refractivity contribution in [1.29, 1.82) is 0 Å². The van der Waals surface area contributed by atoms with Crippen molar-refractivity contribution < 1.29 is 13.2 Å². The topological polar surface area (TPSA) is 0 Å². The standard InChI is InChI=1S/C14H19F3/c1-12(2,3)10-6-8-11(9-7-10)13(4,5)14(15,16)17/h6-9H,1-5H3. The van der Waals surface area contributed by atoms with E-state index in [1.807, 2.05) is 20.8 Å². The third-order valence-corrected chi connectivity index (χ3v) is 3.18. The Labute approximate surface area is 101 Å². The van der Waals surface area contributed by atoms with Crippen LogP contribution in [0.5, 0.6) is 0 Å². The molecule has 0 aliphatic heterocycles. The molecule has 0 heterocycles. The summed E-state index contributed by atoms with van der Waals surface area (Å²) in [6.07, 6.45) is -4.23. The highest BCUT2D eigenvalue weighted by atomic mass is 19.4. The summed E-state index contributed by atoms with van der Waals surface area (Å²) in [7, 11) is 0. The molecule has 1 aromatic carbocycles. The van der Waals surface area contributed by atoms with E-state index in [2.05, 4.69) is 0 Å². The van der Waals surface area contributed by atoms with Gasteiger partial charge in [-0.1, -0.05) is 45.0 Å². The molecule has 0 amide bonds. The van der Waals surface area contributed by atoms with Crippen molar-refractivity contribution in [3.8, 4) is 0 Å². The van der Waals surface area contributed by atoms with E-state index in [1.54, 1.807) is 24.3 Å². The summed E-state index contributed by atoms with van der Waals surface area (Å²) in [6.45, 7) is 8.53. The van der Waals surface area contributed by atoms with E-state index in [0.29, 0.717) is 5.56 Å². The molecule has 1 rings (SSSR count). The maximum Gasteiger partial charge on any atom is 0.397 e. The Morgan fingerprint density at radius 1 is 0.706 bits per heavy atom. The maximum absolute atomic E-state index is 12.9. The lowest BCUT2D eigenvalue weighted by molar-refractivity contribution is -0.180. The third-order valence-electron chi connectivity index (χ3n) is 3.18. The fourth-order valence-electron chi connectivity index (χ4n) is 1.55. The number of hydrogen-bond donors (Lipinski definition) is 0. The van der Waals surface area contributed by atoms with Crippen LogP contribution in [0, 0.1) is 0 Å². The molecule has 0 radical (unpaired) electrons. The van der Waals surface area contributed by atoms with Gasteiger partial charge in [-0.2, -0.15) is 13.2 Å². The molecule has 0 aliphatic carbocycles. The first-order valence-corrected chi connectivity index (χ1v) is 5.64. The summed E-state index contributed by atoms with van der Waals surface area (Å²) in [6, 6.07) is 6.72. The number of rotatable bonds is 1. The van der Waals surface area contributed by atoms with Crippen LogP contribution in [0.2, 0.25) is 0 Å². The molecule has 0 aromatic heterocycles. The van der Waals surface area contributed by atoms with Gasteiger partial charge in [0.25, 0.3) is 0 Å². The fraction of sp³-hybridized carbons (Fsp3) is 0.571. The Bertz CT molecular complexity index is 377. The minimum absolute atomic E-state index is 0.0408. The van der Waals surface area contributed by atoms with Gasteiger partial charge in [0.2, 0.25) is 0 Å². The summed E-state index contributed by atoms with van der Waals surface area (Å²) in [4.78, 5) is 0. The number of alkyl halides is 3. The summed E-state index contributed by atoms with van der Waals surface area (Å²) in [5.41, 5.74) is -0.498. The molecule has 0 saturated heterocycles. The Morgan fingerprint density at radius 3 is 1.35 bits per heavy atom. The van der Waals surface area contributed by atoms with Crippen LogP contribution >= 0.6 is 0 Å². The normalized spacial score (nSPS) is 13.9. The van der Waals surface area contributed by atoms with E-state index in [9.17, 15) is 13.2 Å². The smallest absolute Gasteiger partial charge is 0.170 e. The second kappa shape index (κ2) is 4.04. The monoisotopic (exact) mass is 244 g/mol. The maximum atomic E-state index is 12.9. The molecule has 0 aliphatic rings. The van der Waals surface area contributed by atoms with Gasteiger partial charge in [0, 0.05) is 0 Å². The zero-order chi connectivity index (χ0) is 13.5. The van der Waals surface area contributed by atoms with Gasteiger partial charge in [-0.05, 0) is 30.4 Å². The van der Waals surface area contributed by atoms with Gasteiger partial charge in [0.05, 0.1) is 5.41 Å². The highest BCUT2D eigenvalue weighted by Gasteiger charge is 2.48. The second-order valence-electron chi connectivity index (χ2n) is 5.95. The molecule has 17 heavy (non-hydrogen) atoms. The van der Waals surface area contributed by atoms with Crippen LogP contribution in [0.1, 0.15) is 45.7 Å². The number of halogens is 3. The SMILES string of the molecule is CC(C)(C)c1ccc(C(C)(C)C(F)(F)F)cc1. The van der Waals surface area contributed by atoms with E-state index in [1.165, 1.54) is 13.8 Å². The molecular formula is C14H19F3. The Kier molecular flexibility index (Phi) is 3.34. The van der Waals surface area contributed by atoms with Gasteiger partial charge < -0.3 is 0 Å². The highest BCUT2D eigenvalue weighted by molar-refractivity contribution is 5.32. The van der Waals surface area contributed by atoms with Gasteiger partial charge >= 0.3 is 6.18 Å². The largest absolute Gasteiger partial charge is 0.397 e. The van der Waals surface area contributed by atoms with E-state index < -0.39 is 11.6 Å². The average Bonchev–Trinajstić information content (AvgIpc) is 2.15. The molecule has 0 spiro atoms. The Balaban J connectivity index is 3.12. The molecule has 0 atom stereocenters. The van der Waals surface area contributed by atoms with Crippen LogP contribution in [-0.4, -0.2) is 6.18 Å². The van der Waals surface area contributed by atoms with Crippen LogP contribution in [0.4, 0.5) is 13.2 Å². The van der Waals surface area contributed by atoms with Crippen LogP contribution < -0.4 is 0 Å². The Morgan fingerprint density at radius 2 is 1.06 bits per heavy atom. The van der Waals surface area contributed by atoms with Crippen molar-refractivity contribution in [2.24, 2.45) is 0 Å². The van der Waals surface area contributed by atoms with Gasteiger partial charge in [-0.15, -0.1) is 0 Å². The van der Waals surface area contributed by atoms with Crippen molar-refractivity contribution in [2.75, 3.05) is 0 Å². The lowest BCUT2D eigenvalue weighted by atomic mass is 9.81. The van der Waals surface area contributed by atoms with Gasteiger partial charge in [0.1, 0.15) is 0 Å². The highest BCUT2D eigenvalue weighted by Crippen LogP contribution is 2.40. The van der Waals surface area contributed by atoms with Crippen molar-refractivity contribution in [3.63, 3.8) is 0 Å². The van der Waals surface area contributed by atoms with E-state index in [0.717, 1.165) is 5.56 Å². The van der Waals surface area contributed by atoms with Crippen molar-refractivity contribution in [1.82, 2.24) is 0 Å². The molecule has 0 saturated carbocycles. The molecule has 0 unspecified atom stereocenters. The summed E-state index contributed by atoms with van der Waals surface area (Å²) < 4.78 is 38.6. The van der Waals surface area contributed by atoms with E-state index in [4.69, 9.17) is 0 Å². The first-order valence-electron chi connectivity index (χ1n) is 5.64. The second-order valence-corrected chi connectivity index (χ2v) is 5.95. The van der Waals surface area contributed by atoms with Crippen LogP contribution in [0.15, 0.2) is 24.3 Å². The quantitative estimate of drug-likeness (QED) is 0.664. The van der Waals surface area contributed by atoms with Crippen LogP contribution in [0.3, 0.4) is 0 Å². The molecule has 0 nitrogen and oxygen atoms in total. The van der Waals surface area contributed by atoms with Crippen LogP contribution in [0.25, 0.3) is 0 Å². The Hall–Kier alpha value is -0.990. The first-order chi connectivity index (χ1) is 7.46. The summed E-state index contributed by atoms with van der Waals surface area (Å²) >= 11 is 0. The van der Waals surface area contributed by atoms with Gasteiger partial charge in [-0.25, -0.2) is 0 Å². The van der Waals surface area contributed by atoms with Crippen molar-refractivity contribution in [2.45, 2.75) is 51.6 Å². The molecule has 96 valence electrons. The molecule has 0 N–H and O–H groups in total. The lowest BCUT2D eigenvalue weighted by Gasteiger charge is -2.29. The molecule has 1 aromatic rings. The van der Waals surface area contributed by atoms with Gasteiger partial charge in [-0.3, -0.25) is 0 Å². The summed E-state index contributed by atoms with van der Waals surface area (Å²) in [5, 5.41) is 0. The van der Waals surface area contributed by atoms with Crippen molar-refractivity contribution >= 4 is 0 Å². The predicted octanol–water partition coefficient (Wildman–Crippen LogP) is 4.82.